The first-order valence-corrected chi connectivity index (χ1v) is 8.29. The summed E-state index contributed by atoms with van der Waals surface area (Å²) in [4.78, 5) is 11.2. The lowest BCUT2D eigenvalue weighted by atomic mass is 10.2. The van der Waals surface area contributed by atoms with Crippen molar-refractivity contribution in [1.82, 2.24) is 4.72 Å². The van der Waals surface area contributed by atoms with E-state index >= 15 is 0 Å². The van der Waals surface area contributed by atoms with E-state index in [9.17, 15) is 13.2 Å². The molecule has 0 radical (unpaired) electrons. The first-order chi connectivity index (χ1) is 9.77. The maximum Gasteiger partial charge on any atom is 0.307 e. The van der Waals surface area contributed by atoms with E-state index in [1.54, 1.807) is 6.92 Å². The quantitative estimate of drug-likeness (QED) is 0.566. The summed E-state index contributed by atoms with van der Waals surface area (Å²) in [5.41, 5.74) is 5.85. The minimum atomic E-state index is -3.76. The van der Waals surface area contributed by atoms with Crippen molar-refractivity contribution in [1.29, 1.82) is 0 Å². The van der Waals surface area contributed by atoms with E-state index < -0.39 is 16.0 Å². The number of nitrogens with one attached hydrogen (secondary N) is 1. The largest absolute Gasteiger partial charge is 0.466 e. The Morgan fingerprint density at radius 2 is 2.14 bits per heavy atom. The van der Waals surface area contributed by atoms with Crippen LogP contribution in [0.5, 0.6) is 0 Å². The van der Waals surface area contributed by atoms with E-state index in [1.165, 1.54) is 18.2 Å². The van der Waals surface area contributed by atoms with Crippen molar-refractivity contribution in [2.75, 3.05) is 13.2 Å². The van der Waals surface area contributed by atoms with Crippen LogP contribution in [0.2, 0.25) is 5.02 Å². The topological polar surface area (TPSA) is 98.5 Å². The molecule has 3 N–H and O–H groups in total. The standard InChI is InChI=1S/C12H15ClN2O4S2/c1-2-19-11(16)5-6-15-21(17,18)8-3-4-9(12(14)20)10(13)7-8/h3-4,7,15H,2,5-6H2,1H3,(H2,14,20). The van der Waals surface area contributed by atoms with Gasteiger partial charge in [0.15, 0.2) is 0 Å². The van der Waals surface area contributed by atoms with E-state index in [1.807, 2.05) is 0 Å². The molecule has 1 aromatic rings. The van der Waals surface area contributed by atoms with Gasteiger partial charge in [0, 0.05) is 12.1 Å². The predicted molar refractivity (Wildman–Crippen MR) is 83.8 cm³/mol. The first-order valence-electron chi connectivity index (χ1n) is 6.02. The molecular weight excluding hydrogens is 336 g/mol. The lowest BCUT2D eigenvalue weighted by molar-refractivity contribution is -0.142. The Kier molecular flexibility index (Phi) is 6.53. The molecule has 0 fully saturated rings. The molecule has 21 heavy (non-hydrogen) atoms. The average molecular weight is 351 g/mol. The van der Waals surface area contributed by atoms with Crippen LogP contribution in [0.3, 0.4) is 0 Å². The van der Waals surface area contributed by atoms with Crippen LogP contribution in [0.4, 0.5) is 0 Å². The second-order valence-corrected chi connectivity index (χ2v) is 6.57. The zero-order valence-electron chi connectivity index (χ0n) is 11.3. The van der Waals surface area contributed by atoms with Crippen LogP contribution < -0.4 is 10.5 Å². The normalized spacial score (nSPS) is 11.1. The lowest BCUT2D eigenvalue weighted by Crippen LogP contribution is -2.27. The van der Waals surface area contributed by atoms with E-state index in [4.69, 9.17) is 34.3 Å². The molecule has 1 rings (SSSR count). The smallest absolute Gasteiger partial charge is 0.307 e. The third-order valence-corrected chi connectivity index (χ3v) is 4.43. The molecule has 0 aliphatic carbocycles. The minimum Gasteiger partial charge on any atom is -0.466 e. The van der Waals surface area contributed by atoms with Crippen LogP contribution in [0.1, 0.15) is 18.9 Å². The van der Waals surface area contributed by atoms with Crippen LogP contribution in [-0.4, -0.2) is 32.5 Å². The summed E-state index contributed by atoms with van der Waals surface area (Å²) in [7, 11) is -3.76. The molecule has 0 saturated heterocycles. The maximum atomic E-state index is 12.0. The summed E-state index contributed by atoms with van der Waals surface area (Å²) in [5.74, 6) is -0.470. The molecule has 0 atom stereocenters. The molecule has 0 amide bonds. The Morgan fingerprint density at radius 3 is 2.67 bits per heavy atom. The van der Waals surface area contributed by atoms with Gasteiger partial charge in [-0.2, -0.15) is 0 Å². The van der Waals surface area contributed by atoms with Crippen LogP contribution >= 0.6 is 23.8 Å². The van der Waals surface area contributed by atoms with Crippen molar-refractivity contribution in [2.24, 2.45) is 5.73 Å². The highest BCUT2D eigenvalue weighted by molar-refractivity contribution is 7.89. The fraction of sp³-hybridized carbons (Fsp3) is 0.333. The fourth-order valence-corrected chi connectivity index (χ4v) is 3.11. The Hall–Kier alpha value is -1.22. The van der Waals surface area contributed by atoms with Crippen molar-refractivity contribution in [3.63, 3.8) is 0 Å². The molecule has 0 spiro atoms. The highest BCUT2D eigenvalue weighted by Gasteiger charge is 2.16. The number of hydrogen-bond donors (Lipinski definition) is 2. The number of esters is 1. The Labute approximate surface area is 133 Å². The summed E-state index contributed by atoms with van der Waals surface area (Å²) in [5, 5.41) is 0.149. The zero-order chi connectivity index (χ0) is 16.0. The van der Waals surface area contributed by atoms with Gasteiger partial charge in [-0.05, 0) is 25.1 Å². The molecule has 0 unspecified atom stereocenters. The summed E-state index contributed by atoms with van der Waals surface area (Å²) in [6, 6.07) is 4.03. The SMILES string of the molecule is CCOC(=O)CCNS(=O)(=O)c1ccc(C(N)=S)c(Cl)c1. The predicted octanol–water partition coefficient (Wildman–Crippen LogP) is 1.21. The third kappa shape index (κ3) is 5.24. The van der Waals surface area contributed by atoms with Gasteiger partial charge in [-0.3, -0.25) is 4.79 Å². The zero-order valence-corrected chi connectivity index (χ0v) is 13.6. The van der Waals surface area contributed by atoms with Gasteiger partial charge >= 0.3 is 5.97 Å². The number of rotatable bonds is 7. The summed E-state index contributed by atoms with van der Waals surface area (Å²) in [6.45, 7) is 1.87. The average Bonchev–Trinajstić information content (AvgIpc) is 2.38. The Bertz CT molecular complexity index is 647. The summed E-state index contributed by atoms with van der Waals surface area (Å²) in [6.07, 6.45) is -0.0498. The van der Waals surface area contributed by atoms with Gasteiger partial charge in [0.05, 0.1) is 22.9 Å². The number of carbonyl (C=O) groups is 1. The molecule has 0 bridgehead atoms. The van der Waals surface area contributed by atoms with Gasteiger partial charge in [-0.15, -0.1) is 0 Å². The van der Waals surface area contributed by atoms with Crippen molar-refractivity contribution in [2.45, 2.75) is 18.2 Å². The third-order valence-electron chi connectivity index (χ3n) is 2.44. The van der Waals surface area contributed by atoms with Crippen molar-refractivity contribution >= 4 is 44.8 Å². The number of nitrogens with two attached hydrogens (primary N) is 1. The summed E-state index contributed by atoms with van der Waals surface area (Å²) >= 11 is 10.7. The highest BCUT2D eigenvalue weighted by atomic mass is 35.5. The van der Waals surface area contributed by atoms with Gasteiger partial charge in [0.25, 0.3) is 0 Å². The van der Waals surface area contributed by atoms with Crippen LogP contribution in [0, 0.1) is 0 Å². The fourth-order valence-electron chi connectivity index (χ4n) is 1.47. The van der Waals surface area contributed by atoms with Crippen molar-refractivity contribution in [3.05, 3.63) is 28.8 Å². The molecule has 0 aromatic heterocycles. The number of benzene rings is 1. The number of carbonyl (C=O) groups excluding carboxylic acids is 1. The van der Waals surface area contributed by atoms with E-state index in [2.05, 4.69) is 4.72 Å². The molecule has 116 valence electrons. The van der Waals surface area contributed by atoms with Gasteiger partial charge in [-0.1, -0.05) is 23.8 Å². The molecule has 6 nitrogen and oxygen atoms in total. The minimum absolute atomic E-state index is 0.0311. The van der Waals surface area contributed by atoms with Gasteiger partial charge in [0.1, 0.15) is 4.99 Å². The van der Waals surface area contributed by atoms with Gasteiger partial charge in [-0.25, -0.2) is 13.1 Å². The van der Waals surface area contributed by atoms with E-state index in [0.717, 1.165) is 0 Å². The second-order valence-electron chi connectivity index (χ2n) is 3.96. The number of hydrogen-bond acceptors (Lipinski definition) is 5. The maximum absolute atomic E-state index is 12.0. The van der Waals surface area contributed by atoms with Crippen molar-refractivity contribution < 1.29 is 17.9 Å². The Morgan fingerprint density at radius 1 is 1.48 bits per heavy atom. The first kappa shape index (κ1) is 17.8. The molecule has 1 aromatic carbocycles. The molecule has 0 aliphatic rings. The lowest BCUT2D eigenvalue weighted by Gasteiger charge is -2.08. The van der Waals surface area contributed by atoms with Crippen LogP contribution in [0.25, 0.3) is 0 Å². The second kappa shape index (κ2) is 7.69. The van der Waals surface area contributed by atoms with Crippen LogP contribution in [0.15, 0.2) is 23.1 Å². The van der Waals surface area contributed by atoms with Crippen molar-refractivity contribution in [3.8, 4) is 0 Å². The number of thiocarbonyl (C=S) groups is 1. The summed E-state index contributed by atoms with van der Waals surface area (Å²) < 4.78 is 31.0. The molecule has 9 heteroatoms. The van der Waals surface area contributed by atoms with E-state index in [-0.39, 0.29) is 34.5 Å². The van der Waals surface area contributed by atoms with Gasteiger partial charge in [0.2, 0.25) is 10.0 Å². The van der Waals surface area contributed by atoms with Crippen LogP contribution in [-0.2, 0) is 19.6 Å². The number of ether oxygens (including phenoxy) is 1. The number of sulfonamides is 1. The van der Waals surface area contributed by atoms with Gasteiger partial charge < -0.3 is 10.5 Å². The molecular formula is C12H15ClN2O4S2. The number of halogens is 1. The highest BCUT2D eigenvalue weighted by Crippen LogP contribution is 2.20. The molecule has 0 saturated carbocycles. The Balaban J connectivity index is 2.77. The monoisotopic (exact) mass is 350 g/mol. The molecule has 0 heterocycles. The van der Waals surface area contributed by atoms with E-state index in [0.29, 0.717) is 5.56 Å². The molecule has 0 aliphatic heterocycles.